The van der Waals surface area contributed by atoms with E-state index in [0.717, 1.165) is 0 Å². The molecular weight excluding hydrogens is 274 g/mol. The summed E-state index contributed by atoms with van der Waals surface area (Å²) in [5.41, 5.74) is -0.247. The van der Waals surface area contributed by atoms with Crippen LogP contribution in [0.1, 0.15) is 6.42 Å². The van der Waals surface area contributed by atoms with Crippen LogP contribution in [-0.2, 0) is 9.53 Å². The van der Waals surface area contributed by atoms with E-state index in [1.165, 1.54) is 18.2 Å². The molecular formula is C12H12ClNO5. The number of benzene rings is 1. The fourth-order valence-corrected chi connectivity index (χ4v) is 1.98. The van der Waals surface area contributed by atoms with Crippen molar-refractivity contribution in [1.29, 1.82) is 0 Å². The number of nitro groups is 1. The van der Waals surface area contributed by atoms with Crippen molar-refractivity contribution in [3.8, 4) is 5.75 Å². The van der Waals surface area contributed by atoms with Gasteiger partial charge in [0.2, 0.25) is 0 Å². The third-order valence-corrected chi connectivity index (χ3v) is 3.11. The Morgan fingerprint density at radius 2 is 2.37 bits per heavy atom. The highest BCUT2D eigenvalue weighted by atomic mass is 35.5. The zero-order valence-corrected chi connectivity index (χ0v) is 10.8. The van der Waals surface area contributed by atoms with E-state index in [9.17, 15) is 14.9 Å². The fraction of sp³-hybridized carbons (Fsp3) is 0.417. The summed E-state index contributed by atoms with van der Waals surface area (Å²) >= 11 is 5.68. The lowest BCUT2D eigenvalue weighted by molar-refractivity contribution is -0.385. The number of hydrogen-bond acceptors (Lipinski definition) is 5. The summed E-state index contributed by atoms with van der Waals surface area (Å²) in [5, 5.41) is 11.1. The number of carbonyl (C=O) groups excluding carboxylic acids is 1. The molecule has 1 saturated heterocycles. The van der Waals surface area contributed by atoms with E-state index in [0.29, 0.717) is 19.6 Å². The SMILES string of the molecule is O=C(COc1ccc(Cl)cc1[N+](=O)[O-])C1CCOC1. The van der Waals surface area contributed by atoms with E-state index in [4.69, 9.17) is 21.1 Å². The van der Waals surface area contributed by atoms with Crippen LogP contribution in [-0.4, -0.2) is 30.5 Å². The van der Waals surface area contributed by atoms with E-state index < -0.39 is 4.92 Å². The van der Waals surface area contributed by atoms with Crippen LogP contribution in [0.25, 0.3) is 0 Å². The van der Waals surface area contributed by atoms with Crippen LogP contribution < -0.4 is 4.74 Å². The van der Waals surface area contributed by atoms with E-state index in [1.54, 1.807) is 0 Å². The standard InChI is InChI=1S/C12H12ClNO5/c13-9-1-2-12(10(5-9)14(16)17)19-7-11(15)8-3-4-18-6-8/h1-2,5,8H,3-4,6-7H2. The summed E-state index contributed by atoms with van der Waals surface area (Å²) < 4.78 is 10.3. The van der Waals surface area contributed by atoms with Gasteiger partial charge in [0.15, 0.2) is 11.5 Å². The van der Waals surface area contributed by atoms with Gasteiger partial charge in [-0.1, -0.05) is 11.6 Å². The first-order valence-corrected chi connectivity index (χ1v) is 6.13. The average Bonchev–Trinajstić information content (AvgIpc) is 2.90. The third-order valence-electron chi connectivity index (χ3n) is 2.87. The highest BCUT2D eigenvalue weighted by Gasteiger charge is 2.25. The summed E-state index contributed by atoms with van der Waals surface area (Å²) in [6, 6.07) is 4.06. The van der Waals surface area contributed by atoms with E-state index in [1.807, 2.05) is 0 Å². The molecule has 6 nitrogen and oxygen atoms in total. The smallest absolute Gasteiger partial charge is 0.312 e. The van der Waals surface area contributed by atoms with Gasteiger partial charge in [-0.25, -0.2) is 0 Å². The lowest BCUT2D eigenvalue weighted by atomic mass is 10.0. The largest absolute Gasteiger partial charge is 0.479 e. The first-order valence-electron chi connectivity index (χ1n) is 5.75. The minimum atomic E-state index is -0.593. The summed E-state index contributed by atoms with van der Waals surface area (Å²) in [4.78, 5) is 22.0. The van der Waals surface area contributed by atoms with Crippen LogP contribution in [0.15, 0.2) is 18.2 Å². The predicted molar refractivity (Wildman–Crippen MR) is 67.5 cm³/mol. The minimum absolute atomic E-state index is 0.0432. The highest BCUT2D eigenvalue weighted by molar-refractivity contribution is 6.30. The van der Waals surface area contributed by atoms with Gasteiger partial charge in [0, 0.05) is 23.6 Å². The van der Waals surface area contributed by atoms with Gasteiger partial charge in [-0.05, 0) is 18.6 Å². The van der Waals surface area contributed by atoms with Crippen molar-refractivity contribution in [3.63, 3.8) is 0 Å². The molecule has 0 aromatic heterocycles. The quantitative estimate of drug-likeness (QED) is 0.612. The molecule has 0 amide bonds. The molecule has 7 heteroatoms. The zero-order valence-electron chi connectivity index (χ0n) is 10.0. The maximum absolute atomic E-state index is 11.8. The van der Waals surface area contributed by atoms with Gasteiger partial charge in [-0.3, -0.25) is 14.9 Å². The second-order valence-electron chi connectivity index (χ2n) is 4.18. The maximum atomic E-state index is 11.8. The number of ketones is 1. The van der Waals surface area contributed by atoms with Crippen molar-refractivity contribution in [1.82, 2.24) is 0 Å². The van der Waals surface area contributed by atoms with Crippen molar-refractivity contribution in [2.45, 2.75) is 6.42 Å². The maximum Gasteiger partial charge on any atom is 0.312 e. The Morgan fingerprint density at radius 3 is 3.00 bits per heavy atom. The summed E-state index contributed by atoms with van der Waals surface area (Å²) in [7, 11) is 0. The van der Waals surface area contributed by atoms with Gasteiger partial charge in [-0.15, -0.1) is 0 Å². The summed E-state index contributed by atoms with van der Waals surface area (Å²) in [5.74, 6) is -0.241. The number of carbonyl (C=O) groups is 1. The summed E-state index contributed by atoms with van der Waals surface area (Å²) in [6.45, 7) is 0.763. The van der Waals surface area contributed by atoms with Crippen LogP contribution in [0.4, 0.5) is 5.69 Å². The topological polar surface area (TPSA) is 78.7 Å². The van der Waals surface area contributed by atoms with E-state index >= 15 is 0 Å². The van der Waals surface area contributed by atoms with Gasteiger partial charge >= 0.3 is 5.69 Å². The van der Waals surface area contributed by atoms with Crippen molar-refractivity contribution < 1.29 is 19.2 Å². The Balaban J connectivity index is 2.02. The average molecular weight is 286 g/mol. The van der Waals surface area contributed by atoms with Gasteiger partial charge in [0.1, 0.15) is 6.61 Å². The molecule has 1 aliphatic heterocycles. The van der Waals surface area contributed by atoms with Gasteiger partial charge in [0.25, 0.3) is 0 Å². The summed E-state index contributed by atoms with van der Waals surface area (Å²) in [6.07, 6.45) is 0.672. The van der Waals surface area contributed by atoms with Crippen molar-refractivity contribution >= 4 is 23.1 Å². The Labute approximate surface area is 114 Å². The Hall–Kier alpha value is -1.66. The molecule has 0 spiro atoms. The molecule has 0 N–H and O–H groups in total. The second-order valence-corrected chi connectivity index (χ2v) is 4.62. The van der Waals surface area contributed by atoms with Crippen LogP contribution in [0.2, 0.25) is 5.02 Å². The molecule has 2 rings (SSSR count). The monoisotopic (exact) mass is 285 g/mol. The van der Waals surface area contributed by atoms with Crippen molar-refractivity contribution in [2.24, 2.45) is 5.92 Å². The number of ether oxygens (including phenoxy) is 2. The molecule has 1 unspecified atom stereocenters. The van der Waals surface area contributed by atoms with Crippen molar-refractivity contribution in [2.75, 3.05) is 19.8 Å². The minimum Gasteiger partial charge on any atom is -0.479 e. The Bertz CT molecular complexity index is 499. The molecule has 1 fully saturated rings. The molecule has 0 aliphatic carbocycles. The first-order chi connectivity index (χ1) is 9.08. The van der Waals surface area contributed by atoms with E-state index in [2.05, 4.69) is 0 Å². The van der Waals surface area contributed by atoms with Gasteiger partial charge in [-0.2, -0.15) is 0 Å². The number of hydrogen-bond donors (Lipinski definition) is 0. The first kappa shape index (κ1) is 13.8. The third kappa shape index (κ3) is 3.42. The normalized spacial score (nSPS) is 18.3. The number of Topliss-reactive ketones (excluding diaryl/α,β-unsaturated/α-hetero) is 1. The fourth-order valence-electron chi connectivity index (χ4n) is 1.81. The molecule has 0 bridgehead atoms. The zero-order chi connectivity index (χ0) is 13.8. The molecule has 1 aliphatic rings. The van der Waals surface area contributed by atoms with Gasteiger partial charge in [0.05, 0.1) is 11.5 Å². The predicted octanol–water partition coefficient (Wildman–Crippen LogP) is 2.23. The lowest BCUT2D eigenvalue weighted by Crippen LogP contribution is -2.21. The molecule has 102 valence electrons. The number of halogens is 1. The second kappa shape index (κ2) is 5.99. The van der Waals surface area contributed by atoms with E-state index in [-0.39, 0.29) is 34.8 Å². The van der Waals surface area contributed by atoms with Crippen molar-refractivity contribution in [3.05, 3.63) is 33.3 Å². The molecule has 1 atom stereocenters. The molecule has 0 radical (unpaired) electrons. The number of nitrogens with zero attached hydrogens (tertiary/aromatic N) is 1. The van der Waals surface area contributed by atoms with Crippen LogP contribution >= 0.6 is 11.6 Å². The van der Waals surface area contributed by atoms with Gasteiger partial charge < -0.3 is 9.47 Å². The number of nitro benzene ring substituents is 1. The molecule has 1 aromatic rings. The van der Waals surface area contributed by atoms with Crippen LogP contribution in [0.3, 0.4) is 0 Å². The molecule has 1 aromatic carbocycles. The molecule has 1 heterocycles. The lowest BCUT2D eigenvalue weighted by Gasteiger charge is -2.09. The Morgan fingerprint density at radius 1 is 1.58 bits per heavy atom. The molecule has 0 saturated carbocycles. The molecule has 19 heavy (non-hydrogen) atoms. The number of rotatable bonds is 5. The van der Waals surface area contributed by atoms with Crippen LogP contribution in [0, 0.1) is 16.0 Å². The highest BCUT2D eigenvalue weighted by Crippen LogP contribution is 2.30. The van der Waals surface area contributed by atoms with Crippen LogP contribution in [0.5, 0.6) is 5.75 Å². The Kier molecular flexibility index (Phi) is 4.34.